The molecule has 2 heteroatoms. The van der Waals surface area contributed by atoms with E-state index in [1.807, 2.05) is 60.7 Å². The summed E-state index contributed by atoms with van der Waals surface area (Å²) in [6, 6.07) is 25.5. The van der Waals surface area contributed by atoms with Crippen molar-refractivity contribution in [3.05, 3.63) is 143 Å². The molecule has 0 spiro atoms. The second kappa shape index (κ2) is 6.55. The standard InChI is InChI=1S/C30H18N2/c31-19-29-25-11-13-27-17-24(22-9-5-2-6-10-22)18-28(30(27,29)20-32)14-12-26(29)16-23(15-25)21-7-3-1-4-8-21/h1-18H. The van der Waals surface area contributed by atoms with Crippen LogP contribution in [0.25, 0.3) is 11.1 Å². The van der Waals surface area contributed by atoms with E-state index in [9.17, 15) is 10.5 Å². The third-order valence-electron chi connectivity index (χ3n) is 6.97. The van der Waals surface area contributed by atoms with E-state index in [-0.39, 0.29) is 0 Å². The Balaban J connectivity index is 1.63. The third-order valence-corrected chi connectivity index (χ3v) is 6.97. The molecular formula is C30H18N2. The SMILES string of the molecule is N#CC12C3=CC=C4C=C(c5ccccc5)C=C(C=CC1=CC(c1ccccc1)=C3)C42C#N. The minimum absolute atomic E-state index is 0.869. The molecule has 2 nitrogen and oxygen atoms in total. The Labute approximate surface area is 187 Å². The van der Waals surface area contributed by atoms with E-state index in [1.54, 1.807) is 0 Å². The predicted octanol–water partition coefficient (Wildman–Crippen LogP) is 6.49. The topological polar surface area (TPSA) is 47.6 Å². The van der Waals surface area contributed by atoms with Crippen LogP contribution in [0.1, 0.15) is 11.1 Å². The summed E-state index contributed by atoms with van der Waals surface area (Å²) in [6.07, 6.45) is 16.4. The van der Waals surface area contributed by atoms with Gasteiger partial charge in [-0.2, -0.15) is 10.5 Å². The summed E-state index contributed by atoms with van der Waals surface area (Å²) < 4.78 is 0. The highest BCUT2D eigenvalue weighted by Crippen LogP contribution is 2.66. The molecule has 32 heavy (non-hydrogen) atoms. The summed E-state index contributed by atoms with van der Waals surface area (Å²) >= 11 is 0. The molecular weight excluding hydrogens is 388 g/mol. The zero-order chi connectivity index (χ0) is 21.8. The normalized spacial score (nSPS) is 26.7. The van der Waals surface area contributed by atoms with E-state index < -0.39 is 10.8 Å². The van der Waals surface area contributed by atoms with Crippen molar-refractivity contribution >= 4 is 11.1 Å². The zero-order valence-electron chi connectivity index (χ0n) is 17.3. The number of hydrogen-bond donors (Lipinski definition) is 0. The first-order valence-electron chi connectivity index (χ1n) is 10.6. The monoisotopic (exact) mass is 406 g/mol. The summed E-state index contributed by atoms with van der Waals surface area (Å²) in [5.74, 6) is 0. The predicted molar refractivity (Wildman–Crippen MR) is 126 cm³/mol. The molecule has 0 saturated carbocycles. The van der Waals surface area contributed by atoms with Crippen molar-refractivity contribution in [2.24, 2.45) is 10.8 Å². The average molecular weight is 406 g/mol. The highest BCUT2D eigenvalue weighted by Gasteiger charge is 2.63. The quantitative estimate of drug-likeness (QED) is 0.572. The van der Waals surface area contributed by atoms with Crippen molar-refractivity contribution in [1.29, 1.82) is 10.5 Å². The van der Waals surface area contributed by atoms with Gasteiger partial charge in [-0.25, -0.2) is 0 Å². The van der Waals surface area contributed by atoms with Gasteiger partial charge in [0.15, 0.2) is 0 Å². The maximum absolute atomic E-state index is 10.7. The van der Waals surface area contributed by atoms with E-state index in [2.05, 4.69) is 60.7 Å². The van der Waals surface area contributed by atoms with E-state index >= 15 is 0 Å². The van der Waals surface area contributed by atoms with E-state index in [4.69, 9.17) is 0 Å². The molecule has 0 heterocycles. The van der Waals surface area contributed by atoms with Crippen LogP contribution in [0.3, 0.4) is 0 Å². The fourth-order valence-corrected chi connectivity index (χ4v) is 5.46. The van der Waals surface area contributed by atoms with Crippen LogP contribution < -0.4 is 0 Å². The lowest BCUT2D eigenvalue weighted by Crippen LogP contribution is -2.49. The third kappa shape index (κ3) is 2.16. The molecule has 0 fully saturated rings. The van der Waals surface area contributed by atoms with Gasteiger partial charge in [0.25, 0.3) is 0 Å². The number of benzene rings is 2. The molecule has 6 rings (SSSR count). The Hall–Kier alpha value is -4.40. The first-order chi connectivity index (χ1) is 15.7. The van der Waals surface area contributed by atoms with E-state index in [1.165, 1.54) is 0 Å². The van der Waals surface area contributed by atoms with Crippen molar-refractivity contribution in [1.82, 2.24) is 0 Å². The van der Waals surface area contributed by atoms with Gasteiger partial charge < -0.3 is 0 Å². The van der Waals surface area contributed by atoms with Gasteiger partial charge in [-0.15, -0.1) is 0 Å². The minimum Gasteiger partial charge on any atom is -0.197 e. The summed E-state index contributed by atoms with van der Waals surface area (Å²) in [5, 5.41) is 21.3. The molecule has 2 aromatic rings. The van der Waals surface area contributed by atoms with Crippen molar-refractivity contribution in [3.63, 3.8) is 0 Å². The van der Waals surface area contributed by atoms with Crippen molar-refractivity contribution in [3.8, 4) is 12.1 Å². The lowest BCUT2D eigenvalue weighted by molar-refractivity contribution is 0.353. The highest BCUT2D eigenvalue weighted by molar-refractivity contribution is 5.89. The zero-order valence-corrected chi connectivity index (χ0v) is 17.3. The van der Waals surface area contributed by atoms with Gasteiger partial charge in [-0.1, -0.05) is 85.0 Å². The van der Waals surface area contributed by atoms with E-state index in [0.29, 0.717) is 0 Å². The van der Waals surface area contributed by atoms with Crippen molar-refractivity contribution in [2.75, 3.05) is 0 Å². The Kier molecular flexibility index (Phi) is 3.76. The number of allylic oxidation sites excluding steroid dienone is 14. The Morgan fingerprint density at radius 3 is 1.28 bits per heavy atom. The van der Waals surface area contributed by atoms with Gasteiger partial charge in [-0.05, 0) is 68.9 Å². The molecule has 0 radical (unpaired) electrons. The largest absolute Gasteiger partial charge is 0.197 e. The maximum Gasteiger partial charge on any atom is 0.134 e. The van der Waals surface area contributed by atoms with Gasteiger partial charge in [0.05, 0.1) is 12.1 Å². The minimum atomic E-state index is -1.07. The number of hydrogen-bond acceptors (Lipinski definition) is 2. The molecule has 4 aliphatic rings. The molecule has 0 N–H and O–H groups in total. The molecule has 148 valence electrons. The molecule has 4 aliphatic carbocycles. The molecule has 0 bridgehead atoms. The molecule has 0 saturated heterocycles. The summed E-state index contributed by atoms with van der Waals surface area (Å²) in [4.78, 5) is 0. The Morgan fingerprint density at radius 1 is 0.500 bits per heavy atom. The van der Waals surface area contributed by atoms with E-state index in [0.717, 1.165) is 44.6 Å². The summed E-state index contributed by atoms with van der Waals surface area (Å²) in [5.41, 5.74) is 5.64. The van der Waals surface area contributed by atoms with Crippen LogP contribution in [-0.2, 0) is 0 Å². The molecule has 2 atom stereocenters. The van der Waals surface area contributed by atoms with Crippen LogP contribution in [0, 0.1) is 33.5 Å². The van der Waals surface area contributed by atoms with Crippen molar-refractivity contribution < 1.29 is 0 Å². The highest BCUT2D eigenvalue weighted by atomic mass is 14.6. The van der Waals surface area contributed by atoms with Crippen LogP contribution >= 0.6 is 0 Å². The molecule has 0 amide bonds. The van der Waals surface area contributed by atoms with Gasteiger partial charge >= 0.3 is 0 Å². The van der Waals surface area contributed by atoms with Crippen molar-refractivity contribution in [2.45, 2.75) is 0 Å². The van der Waals surface area contributed by atoms with Crippen LogP contribution in [-0.4, -0.2) is 0 Å². The molecule has 0 aliphatic heterocycles. The lowest BCUT2D eigenvalue weighted by atomic mass is 9.45. The Morgan fingerprint density at radius 2 is 0.906 bits per heavy atom. The van der Waals surface area contributed by atoms with Crippen LogP contribution in [0.4, 0.5) is 0 Å². The van der Waals surface area contributed by atoms with Crippen LogP contribution in [0.15, 0.2) is 132 Å². The van der Waals surface area contributed by atoms with Gasteiger partial charge in [0.1, 0.15) is 10.8 Å². The summed E-state index contributed by atoms with van der Waals surface area (Å²) in [7, 11) is 0. The lowest BCUT2D eigenvalue weighted by Gasteiger charge is -2.51. The number of nitrogens with zero attached hydrogens (tertiary/aromatic N) is 2. The second-order valence-corrected chi connectivity index (χ2v) is 8.43. The fraction of sp³-hybridized carbons (Fsp3) is 0.0667. The maximum atomic E-state index is 10.7. The van der Waals surface area contributed by atoms with Gasteiger partial charge in [-0.3, -0.25) is 0 Å². The smallest absolute Gasteiger partial charge is 0.134 e. The molecule has 2 unspecified atom stereocenters. The van der Waals surface area contributed by atoms with Gasteiger partial charge in [0, 0.05) is 0 Å². The van der Waals surface area contributed by atoms with Crippen LogP contribution in [0.2, 0.25) is 0 Å². The number of nitriles is 2. The first kappa shape index (κ1) is 18.4. The average Bonchev–Trinajstić information content (AvgIpc) is 2.87. The van der Waals surface area contributed by atoms with Crippen LogP contribution in [0.5, 0.6) is 0 Å². The Bertz CT molecular complexity index is 1350. The van der Waals surface area contributed by atoms with Gasteiger partial charge in [0.2, 0.25) is 0 Å². The first-order valence-corrected chi connectivity index (χ1v) is 10.6. The fourth-order valence-electron chi connectivity index (χ4n) is 5.46. The number of rotatable bonds is 2. The molecule has 2 aromatic carbocycles. The summed E-state index contributed by atoms with van der Waals surface area (Å²) in [6.45, 7) is 0. The molecule has 0 aromatic heterocycles. The second-order valence-electron chi connectivity index (χ2n) is 8.43.